The molecule has 0 atom stereocenters. The number of halogens is 1. The van der Waals surface area contributed by atoms with E-state index >= 15 is 0 Å². The highest BCUT2D eigenvalue weighted by Crippen LogP contribution is 2.22. The van der Waals surface area contributed by atoms with Crippen molar-refractivity contribution < 1.29 is 9.53 Å². The summed E-state index contributed by atoms with van der Waals surface area (Å²) in [6.07, 6.45) is 0. The molecule has 1 heterocycles. The molecule has 106 valence electrons. The van der Waals surface area contributed by atoms with Gasteiger partial charge in [0.1, 0.15) is 0 Å². The highest BCUT2D eigenvalue weighted by Gasteiger charge is 2.08. The molecule has 0 amide bonds. The lowest BCUT2D eigenvalue weighted by molar-refractivity contribution is -0.144. The van der Waals surface area contributed by atoms with Crippen molar-refractivity contribution in [2.45, 2.75) is 24.1 Å². The van der Waals surface area contributed by atoms with Gasteiger partial charge in [-0.25, -0.2) is 4.79 Å². The quantitative estimate of drug-likeness (QED) is 0.601. The second-order valence-electron chi connectivity index (χ2n) is 3.78. The van der Waals surface area contributed by atoms with Gasteiger partial charge in [-0.15, -0.1) is 22.0 Å². The molecule has 0 spiro atoms. The first-order valence-electron chi connectivity index (χ1n) is 5.98. The van der Waals surface area contributed by atoms with Gasteiger partial charge in [0.15, 0.2) is 12.4 Å². The van der Waals surface area contributed by atoms with Gasteiger partial charge in [-0.2, -0.15) is 4.80 Å². The van der Waals surface area contributed by atoms with Gasteiger partial charge >= 0.3 is 5.97 Å². The monoisotopic (exact) mass is 312 g/mol. The number of carbonyl (C=O) groups excluding carboxylic acids is 1. The van der Waals surface area contributed by atoms with Crippen molar-refractivity contribution in [3.63, 3.8) is 0 Å². The van der Waals surface area contributed by atoms with Crippen molar-refractivity contribution in [2.24, 2.45) is 0 Å². The molecule has 0 unspecified atom stereocenters. The number of benzene rings is 1. The van der Waals surface area contributed by atoms with E-state index in [1.807, 2.05) is 24.3 Å². The van der Waals surface area contributed by atoms with Crippen molar-refractivity contribution in [2.75, 3.05) is 6.61 Å². The number of nitrogens with zero attached hydrogens (tertiary/aromatic N) is 4. The summed E-state index contributed by atoms with van der Waals surface area (Å²) in [5.74, 6) is 0.765. The minimum absolute atomic E-state index is 0.0214. The minimum atomic E-state index is -0.373. The van der Waals surface area contributed by atoms with E-state index in [2.05, 4.69) is 15.4 Å². The predicted octanol–water partition coefficient (Wildman–Crippen LogP) is 2.18. The van der Waals surface area contributed by atoms with E-state index in [-0.39, 0.29) is 12.5 Å². The van der Waals surface area contributed by atoms with Crippen LogP contribution in [0.5, 0.6) is 0 Å². The van der Waals surface area contributed by atoms with Crippen LogP contribution in [0.4, 0.5) is 0 Å². The van der Waals surface area contributed by atoms with Crippen LogP contribution < -0.4 is 0 Å². The molecule has 0 fully saturated rings. The Labute approximate surface area is 125 Å². The molecule has 0 aliphatic carbocycles. The zero-order valence-electron chi connectivity index (χ0n) is 10.8. The van der Waals surface area contributed by atoms with Gasteiger partial charge in [0, 0.05) is 9.92 Å². The maximum absolute atomic E-state index is 11.3. The first-order chi connectivity index (χ1) is 9.67. The van der Waals surface area contributed by atoms with E-state index in [9.17, 15) is 4.79 Å². The van der Waals surface area contributed by atoms with E-state index in [4.69, 9.17) is 16.3 Å². The van der Waals surface area contributed by atoms with Gasteiger partial charge in [0.2, 0.25) is 0 Å². The molecule has 2 aromatic rings. The molecular weight excluding hydrogens is 300 g/mol. The third-order valence-electron chi connectivity index (χ3n) is 2.25. The summed E-state index contributed by atoms with van der Waals surface area (Å²) >= 11 is 7.39. The highest BCUT2D eigenvalue weighted by molar-refractivity contribution is 7.98. The maximum Gasteiger partial charge on any atom is 0.329 e. The lowest BCUT2D eigenvalue weighted by Crippen LogP contribution is -2.15. The molecule has 6 nitrogen and oxygen atoms in total. The molecule has 0 radical (unpaired) electrons. The zero-order valence-corrected chi connectivity index (χ0v) is 12.4. The summed E-state index contributed by atoms with van der Waals surface area (Å²) in [6.45, 7) is 2.07. The van der Waals surface area contributed by atoms with E-state index in [1.165, 1.54) is 4.80 Å². The fourth-order valence-corrected chi connectivity index (χ4v) is 2.27. The Kier molecular flexibility index (Phi) is 5.37. The molecule has 0 bridgehead atoms. The van der Waals surface area contributed by atoms with Crippen molar-refractivity contribution in [1.82, 2.24) is 20.2 Å². The third-order valence-corrected chi connectivity index (χ3v) is 3.51. The highest BCUT2D eigenvalue weighted by atomic mass is 35.5. The molecule has 8 heteroatoms. The average Bonchev–Trinajstić information content (AvgIpc) is 2.86. The summed E-state index contributed by atoms with van der Waals surface area (Å²) in [6, 6.07) is 7.51. The van der Waals surface area contributed by atoms with Crippen molar-refractivity contribution in [1.29, 1.82) is 0 Å². The van der Waals surface area contributed by atoms with Crippen LogP contribution in [0.3, 0.4) is 0 Å². The summed E-state index contributed by atoms with van der Waals surface area (Å²) in [5, 5.41) is 12.5. The number of rotatable bonds is 6. The number of esters is 1. The van der Waals surface area contributed by atoms with Gasteiger partial charge in [0.05, 0.1) is 12.4 Å². The second kappa shape index (κ2) is 7.25. The van der Waals surface area contributed by atoms with E-state index in [1.54, 1.807) is 18.7 Å². The summed E-state index contributed by atoms with van der Waals surface area (Å²) in [7, 11) is 0. The molecule has 20 heavy (non-hydrogen) atoms. The first kappa shape index (κ1) is 14.8. The molecule has 1 aromatic carbocycles. The minimum Gasteiger partial charge on any atom is -0.465 e. The molecular formula is C12H13ClN4O2S. The Morgan fingerprint density at radius 1 is 1.40 bits per heavy atom. The third kappa shape index (κ3) is 4.50. The lowest BCUT2D eigenvalue weighted by atomic mass is 10.4. The van der Waals surface area contributed by atoms with Crippen LogP contribution >= 0.6 is 23.4 Å². The van der Waals surface area contributed by atoms with Gasteiger partial charge in [-0.05, 0) is 36.4 Å². The van der Waals surface area contributed by atoms with Crippen LogP contribution in [0.1, 0.15) is 12.7 Å². The summed E-state index contributed by atoms with van der Waals surface area (Å²) < 4.78 is 4.81. The SMILES string of the molecule is CCOC(=O)Cn1nnc(CSc2ccc(Cl)cc2)n1. The van der Waals surface area contributed by atoms with Crippen molar-refractivity contribution in [3.8, 4) is 0 Å². The summed E-state index contributed by atoms with van der Waals surface area (Å²) in [4.78, 5) is 13.6. The standard InChI is InChI=1S/C12H13ClN4O2S/c1-2-19-12(18)7-17-15-11(14-16-17)8-20-10-5-3-9(13)4-6-10/h3-6H,2,7-8H2,1H3. The van der Waals surface area contributed by atoms with Gasteiger partial charge in [-0.3, -0.25) is 0 Å². The number of hydrogen-bond acceptors (Lipinski definition) is 6. The number of carbonyl (C=O) groups is 1. The number of thioether (sulfide) groups is 1. The lowest BCUT2D eigenvalue weighted by Gasteiger charge is -1.99. The van der Waals surface area contributed by atoms with Crippen LogP contribution in [0, 0.1) is 0 Å². The second-order valence-corrected chi connectivity index (χ2v) is 5.27. The topological polar surface area (TPSA) is 69.9 Å². The average molecular weight is 313 g/mol. The van der Waals surface area contributed by atoms with Crippen LogP contribution in [0.25, 0.3) is 0 Å². The number of tetrazole rings is 1. The van der Waals surface area contributed by atoms with Crippen molar-refractivity contribution >= 4 is 29.3 Å². The van der Waals surface area contributed by atoms with Crippen molar-refractivity contribution in [3.05, 3.63) is 35.1 Å². The Morgan fingerprint density at radius 2 is 2.15 bits per heavy atom. The predicted molar refractivity (Wildman–Crippen MR) is 75.5 cm³/mol. The molecule has 0 aliphatic heterocycles. The molecule has 0 aliphatic rings. The Balaban J connectivity index is 1.86. The molecule has 0 N–H and O–H groups in total. The number of hydrogen-bond donors (Lipinski definition) is 0. The van der Waals surface area contributed by atoms with Crippen LogP contribution in [-0.4, -0.2) is 32.8 Å². The summed E-state index contributed by atoms with van der Waals surface area (Å²) in [5.41, 5.74) is 0. The van der Waals surface area contributed by atoms with Gasteiger partial charge < -0.3 is 4.74 Å². The molecule has 1 aromatic heterocycles. The van der Waals surface area contributed by atoms with E-state index in [0.717, 1.165) is 4.90 Å². The first-order valence-corrected chi connectivity index (χ1v) is 7.34. The van der Waals surface area contributed by atoms with Crippen LogP contribution in [-0.2, 0) is 21.8 Å². The number of ether oxygens (including phenoxy) is 1. The van der Waals surface area contributed by atoms with Crippen LogP contribution in [0.15, 0.2) is 29.2 Å². The molecule has 0 saturated heterocycles. The number of aromatic nitrogens is 4. The Hall–Kier alpha value is -1.60. The largest absolute Gasteiger partial charge is 0.465 e. The molecule has 0 saturated carbocycles. The van der Waals surface area contributed by atoms with Gasteiger partial charge in [-0.1, -0.05) is 11.6 Å². The zero-order chi connectivity index (χ0) is 14.4. The van der Waals surface area contributed by atoms with Crippen LogP contribution in [0.2, 0.25) is 5.02 Å². The van der Waals surface area contributed by atoms with E-state index < -0.39 is 0 Å². The van der Waals surface area contributed by atoms with Gasteiger partial charge in [0.25, 0.3) is 0 Å². The molecule has 2 rings (SSSR count). The fourth-order valence-electron chi connectivity index (χ4n) is 1.40. The van der Waals surface area contributed by atoms with E-state index in [0.29, 0.717) is 23.2 Å². The smallest absolute Gasteiger partial charge is 0.329 e. The fraction of sp³-hybridized carbons (Fsp3) is 0.333. The Morgan fingerprint density at radius 3 is 2.85 bits per heavy atom. The normalized spacial score (nSPS) is 10.5. The Bertz CT molecular complexity index is 573. The maximum atomic E-state index is 11.3.